The Bertz CT molecular complexity index is 1090. The van der Waals surface area contributed by atoms with Gasteiger partial charge in [0.15, 0.2) is 0 Å². The third kappa shape index (κ3) is 3.47. The van der Waals surface area contributed by atoms with Crippen molar-refractivity contribution in [3.8, 4) is 0 Å². The lowest BCUT2D eigenvalue weighted by atomic mass is 9.62. The number of anilines is 1. The van der Waals surface area contributed by atoms with Crippen LogP contribution < -0.4 is 10.6 Å². The van der Waals surface area contributed by atoms with Crippen LogP contribution in [0.2, 0.25) is 5.02 Å². The van der Waals surface area contributed by atoms with Crippen molar-refractivity contribution in [3.63, 3.8) is 0 Å². The summed E-state index contributed by atoms with van der Waals surface area (Å²) in [6, 6.07) is 8.17. The topological polar surface area (TPSA) is 78.4 Å². The molecule has 2 aromatic rings. The summed E-state index contributed by atoms with van der Waals surface area (Å²) in [5.74, 6) is -3.00. The molecule has 0 aliphatic carbocycles. The maximum atomic E-state index is 15.3. The average molecular weight is 510 g/mol. The van der Waals surface area contributed by atoms with Crippen LogP contribution in [0.25, 0.3) is 0 Å². The third-order valence-corrected chi connectivity index (χ3v) is 7.05. The molecule has 0 unspecified atom stereocenters. The van der Waals surface area contributed by atoms with E-state index in [1.807, 2.05) is 20.8 Å². The van der Waals surface area contributed by atoms with Gasteiger partial charge in [0.1, 0.15) is 17.3 Å². The van der Waals surface area contributed by atoms with Crippen LogP contribution in [0.1, 0.15) is 44.2 Å². The van der Waals surface area contributed by atoms with Gasteiger partial charge in [-0.25, -0.2) is 4.39 Å². The SMILES string of the molecule is CC(C)(C)C[C@@H]1N[C@@H](C(=O)O)[C@H](c2cccc(Br)c2F)[C@]12C(=O)Nc1cc(Cl)ccc12. The number of carboxylic acid groups (broad SMARTS) is 1. The maximum Gasteiger partial charge on any atom is 0.321 e. The van der Waals surface area contributed by atoms with Gasteiger partial charge in [-0.1, -0.05) is 50.6 Å². The number of hydrogen-bond acceptors (Lipinski definition) is 3. The molecule has 3 N–H and O–H groups in total. The van der Waals surface area contributed by atoms with Gasteiger partial charge >= 0.3 is 5.97 Å². The summed E-state index contributed by atoms with van der Waals surface area (Å²) in [7, 11) is 0. The number of carboxylic acids is 1. The molecule has 0 radical (unpaired) electrons. The van der Waals surface area contributed by atoms with Gasteiger partial charge < -0.3 is 10.4 Å². The predicted molar refractivity (Wildman–Crippen MR) is 121 cm³/mol. The van der Waals surface area contributed by atoms with Crippen molar-refractivity contribution < 1.29 is 19.1 Å². The molecule has 5 nitrogen and oxygen atoms in total. The predicted octanol–water partition coefficient (Wildman–Crippen LogP) is 5.08. The molecule has 1 spiro atoms. The summed E-state index contributed by atoms with van der Waals surface area (Å²) in [5.41, 5.74) is -0.170. The first kappa shape index (κ1) is 22.2. The first-order valence-electron chi connectivity index (χ1n) is 10.0. The van der Waals surface area contributed by atoms with Crippen LogP contribution in [0.4, 0.5) is 10.1 Å². The highest BCUT2D eigenvalue weighted by molar-refractivity contribution is 9.10. The Hall–Kier alpha value is -1.96. The van der Waals surface area contributed by atoms with E-state index in [-0.39, 0.29) is 21.4 Å². The Morgan fingerprint density at radius 2 is 2.00 bits per heavy atom. The van der Waals surface area contributed by atoms with E-state index in [0.29, 0.717) is 22.7 Å². The zero-order valence-electron chi connectivity index (χ0n) is 17.3. The quantitative estimate of drug-likeness (QED) is 0.539. The van der Waals surface area contributed by atoms with Crippen molar-refractivity contribution in [2.24, 2.45) is 5.41 Å². The largest absolute Gasteiger partial charge is 0.480 e. The zero-order chi connectivity index (χ0) is 22.7. The molecule has 2 aliphatic heterocycles. The summed E-state index contributed by atoms with van der Waals surface area (Å²) in [6.07, 6.45) is 0.512. The minimum atomic E-state index is -1.31. The normalized spacial score (nSPS) is 27.4. The van der Waals surface area contributed by atoms with Crippen molar-refractivity contribution in [1.29, 1.82) is 0 Å². The van der Waals surface area contributed by atoms with Gasteiger partial charge in [-0.2, -0.15) is 0 Å². The Labute approximate surface area is 193 Å². The van der Waals surface area contributed by atoms with E-state index in [4.69, 9.17) is 11.6 Å². The molecule has 1 saturated heterocycles. The van der Waals surface area contributed by atoms with E-state index in [1.165, 1.54) is 0 Å². The Balaban J connectivity index is 2.04. The molecule has 0 bridgehead atoms. The lowest BCUT2D eigenvalue weighted by Gasteiger charge is -2.37. The maximum absolute atomic E-state index is 15.3. The number of halogens is 3. The van der Waals surface area contributed by atoms with Gasteiger partial charge in [-0.15, -0.1) is 0 Å². The molecule has 4 atom stereocenters. The summed E-state index contributed by atoms with van der Waals surface area (Å²) < 4.78 is 15.6. The van der Waals surface area contributed by atoms with Gasteiger partial charge in [-0.3, -0.25) is 14.9 Å². The van der Waals surface area contributed by atoms with E-state index in [1.54, 1.807) is 36.4 Å². The van der Waals surface area contributed by atoms with Crippen molar-refractivity contribution in [2.75, 3.05) is 5.32 Å². The highest BCUT2D eigenvalue weighted by Gasteiger charge is 2.66. The smallest absolute Gasteiger partial charge is 0.321 e. The second-order valence-electron chi connectivity index (χ2n) is 9.43. The first-order valence-corrected chi connectivity index (χ1v) is 11.2. The molecule has 0 aromatic heterocycles. The van der Waals surface area contributed by atoms with Crippen LogP contribution in [0.15, 0.2) is 40.9 Å². The van der Waals surface area contributed by atoms with Crippen molar-refractivity contribution >= 4 is 45.1 Å². The summed E-state index contributed by atoms with van der Waals surface area (Å²) >= 11 is 9.37. The molecule has 4 rings (SSSR count). The van der Waals surface area contributed by atoms with E-state index >= 15 is 4.39 Å². The fraction of sp³-hybridized carbons (Fsp3) is 0.391. The minimum absolute atomic E-state index is 0.184. The van der Waals surface area contributed by atoms with Crippen LogP contribution in [0, 0.1) is 11.2 Å². The lowest BCUT2D eigenvalue weighted by molar-refractivity contribution is -0.139. The summed E-state index contributed by atoms with van der Waals surface area (Å²) in [5, 5.41) is 16.6. The molecule has 2 aromatic carbocycles. The number of benzene rings is 2. The van der Waals surface area contributed by atoms with E-state index in [0.717, 1.165) is 0 Å². The third-order valence-electron chi connectivity index (χ3n) is 6.20. The number of nitrogens with one attached hydrogen (secondary N) is 2. The number of aliphatic carboxylic acids is 1. The number of carbonyl (C=O) groups excluding carboxylic acids is 1. The van der Waals surface area contributed by atoms with Crippen LogP contribution in [-0.2, 0) is 15.0 Å². The highest BCUT2D eigenvalue weighted by atomic mass is 79.9. The van der Waals surface area contributed by atoms with Crippen molar-refractivity contribution in [1.82, 2.24) is 5.32 Å². The monoisotopic (exact) mass is 508 g/mol. The van der Waals surface area contributed by atoms with Gasteiger partial charge in [0.2, 0.25) is 5.91 Å². The number of hydrogen-bond donors (Lipinski definition) is 3. The highest BCUT2D eigenvalue weighted by Crippen LogP contribution is 2.57. The van der Waals surface area contributed by atoms with Crippen LogP contribution in [0.5, 0.6) is 0 Å². The molecule has 164 valence electrons. The van der Waals surface area contributed by atoms with E-state index in [2.05, 4.69) is 26.6 Å². The van der Waals surface area contributed by atoms with E-state index < -0.39 is 35.2 Å². The molecule has 31 heavy (non-hydrogen) atoms. The van der Waals surface area contributed by atoms with Crippen LogP contribution >= 0.6 is 27.5 Å². The van der Waals surface area contributed by atoms with E-state index in [9.17, 15) is 14.7 Å². The Kier molecular flexibility index (Phi) is 5.43. The Morgan fingerprint density at radius 1 is 1.29 bits per heavy atom. The Morgan fingerprint density at radius 3 is 2.65 bits per heavy atom. The number of fused-ring (bicyclic) bond motifs is 2. The number of amides is 1. The van der Waals surface area contributed by atoms with Gasteiger partial charge in [0, 0.05) is 22.7 Å². The molecule has 0 saturated carbocycles. The summed E-state index contributed by atoms with van der Waals surface area (Å²) in [4.78, 5) is 26.0. The second-order valence-corrected chi connectivity index (χ2v) is 10.7. The van der Waals surface area contributed by atoms with Gasteiger partial charge in [0.05, 0.1) is 4.47 Å². The number of rotatable bonds is 3. The molecule has 1 amide bonds. The molecule has 1 fully saturated rings. The average Bonchev–Trinajstić information content (AvgIpc) is 3.12. The second kappa shape index (κ2) is 7.57. The summed E-state index contributed by atoms with van der Waals surface area (Å²) in [6.45, 7) is 6.09. The number of carbonyl (C=O) groups is 2. The molecule has 8 heteroatoms. The lowest BCUT2D eigenvalue weighted by Crippen LogP contribution is -2.49. The molecular formula is C23H23BrClFN2O3. The van der Waals surface area contributed by atoms with Crippen LogP contribution in [0.3, 0.4) is 0 Å². The minimum Gasteiger partial charge on any atom is -0.480 e. The fourth-order valence-electron chi connectivity index (χ4n) is 5.14. The van der Waals surface area contributed by atoms with Gasteiger partial charge in [-0.05, 0) is 57.1 Å². The van der Waals surface area contributed by atoms with Gasteiger partial charge in [0.25, 0.3) is 0 Å². The molecule has 2 aliphatic rings. The van der Waals surface area contributed by atoms with Crippen molar-refractivity contribution in [3.05, 3.63) is 62.8 Å². The standard InChI is InChI=1S/C23H23BrClFN2O3/c1-22(2,3)10-16-23(13-8-7-11(25)9-15(13)27-21(23)31)17(19(28-16)20(29)30)12-5-4-6-14(24)18(12)26/h4-9,16-17,19,28H,10H2,1-3H3,(H,27,31)(H,29,30)/t16-,17-,19+,23+/m0/s1. The molecular weight excluding hydrogens is 487 g/mol. The molecule has 2 heterocycles. The fourth-order valence-corrected chi connectivity index (χ4v) is 5.69. The van der Waals surface area contributed by atoms with Crippen LogP contribution in [-0.4, -0.2) is 29.1 Å². The zero-order valence-corrected chi connectivity index (χ0v) is 19.6. The van der Waals surface area contributed by atoms with Crippen molar-refractivity contribution in [2.45, 2.75) is 50.6 Å². The first-order chi connectivity index (χ1) is 14.5.